The van der Waals surface area contributed by atoms with Crippen LogP contribution in [0.4, 0.5) is 0 Å². The smallest absolute Gasteiger partial charge is 0.283 e. The van der Waals surface area contributed by atoms with Gasteiger partial charge in [-0.25, -0.2) is 0 Å². The second-order valence-electron chi connectivity index (χ2n) is 7.57. The van der Waals surface area contributed by atoms with E-state index >= 15 is 0 Å². The number of thioether (sulfide) groups is 1. The zero-order valence-corrected chi connectivity index (χ0v) is 19.7. The molecule has 2 aliphatic rings. The normalized spacial score (nSPS) is 16.1. The van der Waals surface area contributed by atoms with Crippen LogP contribution >= 0.6 is 11.8 Å². The highest BCUT2D eigenvalue weighted by Gasteiger charge is 2.36. The lowest BCUT2D eigenvalue weighted by molar-refractivity contribution is -0.114. The number of amides is 1. The number of carbonyl (C=O) groups is 1. The summed E-state index contributed by atoms with van der Waals surface area (Å²) in [5, 5.41) is 15.5. The van der Waals surface area contributed by atoms with E-state index in [4.69, 9.17) is 14.9 Å². The van der Waals surface area contributed by atoms with E-state index in [2.05, 4.69) is 15.1 Å². The predicted molar refractivity (Wildman–Crippen MR) is 137 cm³/mol. The number of nitrogens with one attached hydrogen (secondary N) is 1. The minimum atomic E-state index is -0.484. The number of hydrogen-bond donors (Lipinski definition) is 1. The first kappa shape index (κ1) is 22.5. The molecular weight excluding hydrogens is 462 g/mol. The first-order valence-electron chi connectivity index (χ1n) is 11.0. The van der Waals surface area contributed by atoms with Gasteiger partial charge in [0.2, 0.25) is 5.17 Å². The van der Waals surface area contributed by atoms with E-state index in [0.717, 1.165) is 11.1 Å². The molecule has 0 aliphatic carbocycles. The zero-order chi connectivity index (χ0) is 24.2. The molecule has 3 heterocycles. The second kappa shape index (κ2) is 9.94. The Hall–Kier alpha value is -4.24. The summed E-state index contributed by atoms with van der Waals surface area (Å²) in [6.07, 6.45) is 4.96. The summed E-state index contributed by atoms with van der Waals surface area (Å²) in [5.74, 6) is 0.651. The molecule has 9 heteroatoms. The summed E-state index contributed by atoms with van der Waals surface area (Å²) >= 11 is 1.25. The minimum absolute atomic E-state index is 0.0288. The number of fused-ring (bicyclic) bond motifs is 1. The molecule has 0 unspecified atom stereocenters. The third-order valence-electron chi connectivity index (χ3n) is 5.20. The molecule has 35 heavy (non-hydrogen) atoms. The summed E-state index contributed by atoms with van der Waals surface area (Å²) in [7, 11) is 0. The number of amidine groups is 2. The Labute approximate surface area is 206 Å². The molecule has 1 amide bonds. The number of hydrazone groups is 1. The molecule has 3 aromatic rings. The van der Waals surface area contributed by atoms with Crippen molar-refractivity contribution in [3.8, 4) is 11.5 Å². The van der Waals surface area contributed by atoms with Gasteiger partial charge in [0.15, 0.2) is 17.3 Å². The Balaban J connectivity index is 1.39. The Kier molecular flexibility index (Phi) is 6.40. The zero-order valence-electron chi connectivity index (χ0n) is 18.8. The van der Waals surface area contributed by atoms with E-state index in [0.29, 0.717) is 40.5 Å². The van der Waals surface area contributed by atoms with Crippen molar-refractivity contribution in [3.63, 3.8) is 0 Å². The maximum Gasteiger partial charge on any atom is 0.283 e. The lowest BCUT2D eigenvalue weighted by Crippen LogP contribution is -2.35. The fourth-order valence-electron chi connectivity index (χ4n) is 3.51. The lowest BCUT2D eigenvalue weighted by atomic mass is 10.1. The van der Waals surface area contributed by atoms with Crippen LogP contribution in [0.15, 0.2) is 88.7 Å². The fraction of sp³-hybridized carbons (Fsp3) is 0.115. The maximum absolute atomic E-state index is 12.8. The van der Waals surface area contributed by atoms with Crippen LogP contribution in [0.25, 0.3) is 6.08 Å². The summed E-state index contributed by atoms with van der Waals surface area (Å²) in [4.78, 5) is 21.0. The van der Waals surface area contributed by atoms with Crippen LogP contribution in [-0.4, -0.2) is 38.6 Å². The van der Waals surface area contributed by atoms with Crippen molar-refractivity contribution in [2.75, 3.05) is 6.61 Å². The molecule has 0 saturated carbocycles. The van der Waals surface area contributed by atoms with Gasteiger partial charge in [-0.2, -0.15) is 15.1 Å². The quantitative estimate of drug-likeness (QED) is 0.488. The van der Waals surface area contributed by atoms with E-state index in [-0.39, 0.29) is 11.4 Å². The van der Waals surface area contributed by atoms with Gasteiger partial charge in [-0.1, -0.05) is 36.4 Å². The number of hydrogen-bond acceptors (Lipinski definition) is 7. The second-order valence-corrected chi connectivity index (χ2v) is 8.53. The average molecular weight is 484 g/mol. The fourth-order valence-corrected chi connectivity index (χ4v) is 4.40. The molecule has 1 N–H and O–H groups in total. The van der Waals surface area contributed by atoms with Crippen LogP contribution in [0.2, 0.25) is 0 Å². The third-order valence-corrected chi connectivity index (χ3v) is 6.16. The van der Waals surface area contributed by atoms with Gasteiger partial charge in [0.25, 0.3) is 5.91 Å². The van der Waals surface area contributed by atoms with Gasteiger partial charge in [-0.05, 0) is 60.2 Å². The molecule has 2 aliphatic heterocycles. The van der Waals surface area contributed by atoms with Crippen molar-refractivity contribution in [2.45, 2.75) is 13.5 Å². The Morgan fingerprint density at radius 1 is 1.03 bits per heavy atom. The Morgan fingerprint density at radius 3 is 2.60 bits per heavy atom. The molecule has 0 saturated heterocycles. The van der Waals surface area contributed by atoms with Crippen molar-refractivity contribution in [2.24, 2.45) is 10.1 Å². The van der Waals surface area contributed by atoms with E-state index in [9.17, 15) is 4.79 Å². The lowest BCUT2D eigenvalue weighted by Gasteiger charge is -2.20. The first-order valence-corrected chi connectivity index (χ1v) is 11.8. The van der Waals surface area contributed by atoms with Crippen LogP contribution in [0, 0.1) is 5.41 Å². The van der Waals surface area contributed by atoms with Gasteiger partial charge >= 0.3 is 0 Å². The highest BCUT2D eigenvalue weighted by Crippen LogP contribution is 2.33. The topological polar surface area (TPSA) is 100 Å². The molecule has 0 spiro atoms. The van der Waals surface area contributed by atoms with Crippen LogP contribution in [0.1, 0.15) is 23.6 Å². The molecular formula is C26H21N5O3S. The van der Waals surface area contributed by atoms with Crippen molar-refractivity contribution >= 4 is 39.8 Å². The summed E-state index contributed by atoms with van der Waals surface area (Å²) in [6, 6.07) is 18.9. The number of pyridine rings is 1. The van der Waals surface area contributed by atoms with Crippen LogP contribution in [0.3, 0.4) is 0 Å². The number of nitrogens with zero attached hydrogens (tertiary/aromatic N) is 4. The van der Waals surface area contributed by atoms with E-state index in [1.807, 2.05) is 55.5 Å². The standard InChI is InChI=1S/C26H21N5O3S/c1-2-33-22-15-18(8-9-21(22)34-16-17-6-4-3-5-7-17)14-20-23(27)31-26(29-24(20)32)35-25(30-31)19-10-12-28-13-11-19/h3-15,27H,2,16H2,1H3/b20-14+,27-23?. The average Bonchev–Trinajstić information content (AvgIpc) is 3.32. The SMILES string of the molecule is CCOc1cc(/C=C2\C(=N)N3N=C(c4ccncc4)SC3=NC2=O)ccc1OCc1ccccc1. The van der Waals surface area contributed by atoms with E-state index in [1.165, 1.54) is 16.8 Å². The van der Waals surface area contributed by atoms with Crippen molar-refractivity contribution in [3.05, 3.63) is 95.3 Å². The summed E-state index contributed by atoms with van der Waals surface area (Å²) < 4.78 is 11.7. The summed E-state index contributed by atoms with van der Waals surface area (Å²) in [5.41, 5.74) is 2.73. The number of rotatable bonds is 7. The van der Waals surface area contributed by atoms with E-state index < -0.39 is 5.91 Å². The molecule has 0 radical (unpaired) electrons. The number of carbonyl (C=O) groups excluding carboxylic acids is 1. The molecule has 8 nitrogen and oxygen atoms in total. The maximum atomic E-state index is 12.8. The van der Waals surface area contributed by atoms with Gasteiger partial charge in [0, 0.05) is 18.0 Å². The highest BCUT2D eigenvalue weighted by atomic mass is 32.2. The Morgan fingerprint density at radius 2 is 1.83 bits per heavy atom. The molecule has 174 valence electrons. The van der Waals surface area contributed by atoms with E-state index in [1.54, 1.807) is 30.6 Å². The van der Waals surface area contributed by atoms with Gasteiger partial charge in [-0.3, -0.25) is 15.2 Å². The molecule has 0 atom stereocenters. The van der Waals surface area contributed by atoms with Crippen molar-refractivity contribution in [1.82, 2.24) is 9.99 Å². The number of ether oxygens (including phenoxy) is 2. The monoisotopic (exact) mass is 483 g/mol. The van der Waals surface area contributed by atoms with Crippen LogP contribution < -0.4 is 9.47 Å². The van der Waals surface area contributed by atoms with Gasteiger partial charge in [0.05, 0.1) is 12.2 Å². The van der Waals surface area contributed by atoms with Crippen LogP contribution in [-0.2, 0) is 11.4 Å². The van der Waals surface area contributed by atoms with Crippen molar-refractivity contribution < 1.29 is 14.3 Å². The molecule has 0 fully saturated rings. The number of aromatic nitrogens is 1. The van der Waals surface area contributed by atoms with Crippen molar-refractivity contribution in [1.29, 1.82) is 5.41 Å². The first-order chi connectivity index (χ1) is 17.1. The van der Waals surface area contributed by atoms with Gasteiger partial charge in [0.1, 0.15) is 11.7 Å². The van der Waals surface area contributed by atoms with Gasteiger partial charge < -0.3 is 9.47 Å². The highest BCUT2D eigenvalue weighted by molar-refractivity contribution is 8.27. The van der Waals surface area contributed by atoms with Gasteiger partial charge in [-0.15, -0.1) is 0 Å². The molecule has 0 bridgehead atoms. The largest absolute Gasteiger partial charge is 0.490 e. The minimum Gasteiger partial charge on any atom is -0.490 e. The third kappa shape index (κ3) is 4.85. The molecule has 1 aromatic heterocycles. The Bertz CT molecular complexity index is 1370. The molecule has 2 aromatic carbocycles. The van der Waals surface area contributed by atoms with Crippen LogP contribution in [0.5, 0.6) is 11.5 Å². The summed E-state index contributed by atoms with van der Waals surface area (Å²) in [6.45, 7) is 2.76. The number of aliphatic imine (C=N–C) groups is 1. The molecule has 5 rings (SSSR count). The predicted octanol–water partition coefficient (Wildman–Crippen LogP) is 4.73. The number of benzene rings is 2.